The van der Waals surface area contributed by atoms with Crippen molar-refractivity contribution in [2.24, 2.45) is 5.41 Å². The van der Waals surface area contributed by atoms with Crippen LogP contribution in [0.3, 0.4) is 0 Å². The standard InChI is InChI=1S/C13H19N/c1-13(2,3)8-10-7-11-5-4-6-12(11)14-9-10/h7,9H,4-6,8H2,1-3H3. The molecule has 0 amide bonds. The second-order valence-corrected chi connectivity index (χ2v) is 5.54. The smallest absolute Gasteiger partial charge is 0.0435 e. The molecule has 0 N–H and O–H groups in total. The lowest BCUT2D eigenvalue weighted by Crippen LogP contribution is -2.09. The minimum atomic E-state index is 0.370. The van der Waals surface area contributed by atoms with Crippen molar-refractivity contribution in [3.63, 3.8) is 0 Å². The first-order valence-electron chi connectivity index (χ1n) is 5.51. The molecule has 1 nitrogen and oxygen atoms in total. The van der Waals surface area contributed by atoms with Crippen molar-refractivity contribution in [1.29, 1.82) is 0 Å². The highest BCUT2D eigenvalue weighted by molar-refractivity contribution is 5.29. The largest absolute Gasteiger partial charge is 0.261 e. The van der Waals surface area contributed by atoms with Gasteiger partial charge in [-0.1, -0.05) is 26.8 Å². The van der Waals surface area contributed by atoms with Crippen LogP contribution < -0.4 is 0 Å². The van der Waals surface area contributed by atoms with Crippen molar-refractivity contribution < 1.29 is 0 Å². The second kappa shape index (κ2) is 3.38. The summed E-state index contributed by atoms with van der Waals surface area (Å²) in [5.74, 6) is 0. The summed E-state index contributed by atoms with van der Waals surface area (Å²) < 4.78 is 0. The van der Waals surface area contributed by atoms with Crippen LogP contribution in [0.5, 0.6) is 0 Å². The molecule has 1 heterocycles. The zero-order valence-corrected chi connectivity index (χ0v) is 9.43. The number of pyridine rings is 1. The molecule has 2 rings (SSSR count). The Morgan fingerprint density at radius 1 is 1.29 bits per heavy atom. The predicted molar refractivity (Wildman–Crippen MR) is 59.4 cm³/mol. The van der Waals surface area contributed by atoms with E-state index in [1.165, 1.54) is 36.1 Å². The van der Waals surface area contributed by atoms with Crippen LogP contribution in [0.2, 0.25) is 0 Å². The molecule has 0 unspecified atom stereocenters. The normalized spacial score (nSPS) is 15.6. The van der Waals surface area contributed by atoms with Crippen molar-refractivity contribution in [2.75, 3.05) is 0 Å². The highest BCUT2D eigenvalue weighted by atomic mass is 14.7. The fourth-order valence-corrected chi connectivity index (χ4v) is 2.19. The molecular formula is C13H19N. The molecule has 1 aliphatic carbocycles. The highest BCUT2D eigenvalue weighted by Crippen LogP contribution is 2.24. The third kappa shape index (κ3) is 2.14. The Morgan fingerprint density at radius 2 is 2.07 bits per heavy atom. The van der Waals surface area contributed by atoms with Gasteiger partial charge in [0.1, 0.15) is 0 Å². The molecule has 0 aliphatic heterocycles. The molecule has 1 aliphatic rings. The first-order chi connectivity index (χ1) is 6.54. The van der Waals surface area contributed by atoms with Crippen LogP contribution in [0.1, 0.15) is 44.0 Å². The molecule has 0 saturated carbocycles. The molecule has 0 bridgehead atoms. The van der Waals surface area contributed by atoms with Crippen LogP contribution in [0.25, 0.3) is 0 Å². The molecule has 0 aromatic carbocycles. The molecule has 0 fully saturated rings. The number of hydrogen-bond donors (Lipinski definition) is 0. The molecule has 14 heavy (non-hydrogen) atoms. The van der Waals surface area contributed by atoms with Gasteiger partial charge in [-0.25, -0.2) is 0 Å². The van der Waals surface area contributed by atoms with E-state index in [0.717, 1.165) is 6.42 Å². The first-order valence-corrected chi connectivity index (χ1v) is 5.51. The van der Waals surface area contributed by atoms with Gasteiger partial charge in [0.15, 0.2) is 0 Å². The minimum Gasteiger partial charge on any atom is -0.261 e. The van der Waals surface area contributed by atoms with Gasteiger partial charge in [0.05, 0.1) is 0 Å². The average molecular weight is 189 g/mol. The van der Waals surface area contributed by atoms with Crippen LogP contribution >= 0.6 is 0 Å². The van der Waals surface area contributed by atoms with Crippen molar-refractivity contribution in [2.45, 2.75) is 46.5 Å². The summed E-state index contributed by atoms with van der Waals surface area (Å²) >= 11 is 0. The molecular weight excluding hydrogens is 170 g/mol. The topological polar surface area (TPSA) is 12.9 Å². The minimum absolute atomic E-state index is 0.370. The second-order valence-electron chi connectivity index (χ2n) is 5.54. The maximum Gasteiger partial charge on any atom is 0.0435 e. The molecule has 1 heteroatoms. The summed E-state index contributed by atoms with van der Waals surface area (Å²) in [6.45, 7) is 6.83. The molecule has 1 aromatic rings. The summed E-state index contributed by atoms with van der Waals surface area (Å²) in [4.78, 5) is 4.54. The summed E-state index contributed by atoms with van der Waals surface area (Å²) in [7, 11) is 0. The van der Waals surface area contributed by atoms with Crippen LogP contribution in [-0.4, -0.2) is 4.98 Å². The fraction of sp³-hybridized carbons (Fsp3) is 0.615. The van der Waals surface area contributed by atoms with Gasteiger partial charge >= 0.3 is 0 Å². The van der Waals surface area contributed by atoms with E-state index in [9.17, 15) is 0 Å². The van der Waals surface area contributed by atoms with Gasteiger partial charge in [-0.3, -0.25) is 4.98 Å². The predicted octanol–water partition coefficient (Wildman–Crippen LogP) is 3.16. The van der Waals surface area contributed by atoms with Gasteiger partial charge < -0.3 is 0 Å². The van der Waals surface area contributed by atoms with Crippen LogP contribution in [0.15, 0.2) is 12.3 Å². The summed E-state index contributed by atoms with van der Waals surface area (Å²) in [5.41, 5.74) is 4.60. The van der Waals surface area contributed by atoms with E-state index in [4.69, 9.17) is 0 Å². The van der Waals surface area contributed by atoms with Gasteiger partial charge in [0.25, 0.3) is 0 Å². The van der Waals surface area contributed by atoms with Crippen LogP contribution in [0, 0.1) is 5.41 Å². The maximum atomic E-state index is 4.54. The third-order valence-corrected chi connectivity index (χ3v) is 2.71. The summed E-state index contributed by atoms with van der Waals surface area (Å²) in [6.07, 6.45) is 6.91. The fourth-order valence-electron chi connectivity index (χ4n) is 2.19. The Kier molecular flexibility index (Phi) is 2.34. The Bertz CT molecular complexity index is 334. The number of hydrogen-bond acceptors (Lipinski definition) is 1. The number of fused-ring (bicyclic) bond motifs is 1. The average Bonchev–Trinajstić information content (AvgIpc) is 2.47. The Labute approximate surface area is 86.6 Å². The number of nitrogens with zero attached hydrogens (tertiary/aromatic N) is 1. The van der Waals surface area contributed by atoms with Crippen molar-refractivity contribution >= 4 is 0 Å². The zero-order valence-electron chi connectivity index (χ0n) is 9.43. The van der Waals surface area contributed by atoms with E-state index in [1.54, 1.807) is 0 Å². The lowest BCUT2D eigenvalue weighted by Gasteiger charge is -2.18. The summed E-state index contributed by atoms with van der Waals surface area (Å²) in [5, 5.41) is 0. The van der Waals surface area contributed by atoms with Gasteiger partial charge in [0.2, 0.25) is 0 Å². The molecule has 0 radical (unpaired) electrons. The zero-order chi connectivity index (χ0) is 10.2. The summed E-state index contributed by atoms with van der Waals surface area (Å²) in [6, 6.07) is 2.36. The molecule has 0 atom stereocenters. The van der Waals surface area contributed by atoms with Crippen molar-refractivity contribution in [3.05, 3.63) is 29.1 Å². The SMILES string of the molecule is CC(C)(C)Cc1cnc2c(c1)CCC2. The van der Waals surface area contributed by atoms with E-state index in [0.29, 0.717) is 5.41 Å². The third-order valence-electron chi connectivity index (χ3n) is 2.71. The monoisotopic (exact) mass is 189 g/mol. The lowest BCUT2D eigenvalue weighted by atomic mass is 9.88. The molecule has 0 saturated heterocycles. The number of rotatable bonds is 1. The first kappa shape index (κ1) is 9.70. The number of aryl methyl sites for hydroxylation is 2. The van der Waals surface area contributed by atoms with Crippen molar-refractivity contribution in [1.82, 2.24) is 4.98 Å². The van der Waals surface area contributed by atoms with E-state index in [2.05, 4.69) is 38.0 Å². The Hall–Kier alpha value is -0.850. The molecule has 76 valence electrons. The molecule has 0 spiro atoms. The molecule has 1 aromatic heterocycles. The number of aromatic nitrogens is 1. The van der Waals surface area contributed by atoms with E-state index >= 15 is 0 Å². The Morgan fingerprint density at radius 3 is 2.79 bits per heavy atom. The van der Waals surface area contributed by atoms with Crippen molar-refractivity contribution in [3.8, 4) is 0 Å². The van der Waals surface area contributed by atoms with Gasteiger partial charge in [-0.2, -0.15) is 0 Å². The van der Waals surface area contributed by atoms with Gasteiger partial charge in [0, 0.05) is 11.9 Å². The highest BCUT2D eigenvalue weighted by Gasteiger charge is 2.15. The maximum absolute atomic E-state index is 4.54. The van der Waals surface area contributed by atoms with Crippen LogP contribution in [0.4, 0.5) is 0 Å². The van der Waals surface area contributed by atoms with Gasteiger partial charge in [-0.15, -0.1) is 0 Å². The van der Waals surface area contributed by atoms with E-state index < -0.39 is 0 Å². The quantitative estimate of drug-likeness (QED) is 0.661. The lowest BCUT2D eigenvalue weighted by molar-refractivity contribution is 0.410. The Balaban J connectivity index is 2.21. The van der Waals surface area contributed by atoms with E-state index in [-0.39, 0.29) is 0 Å². The van der Waals surface area contributed by atoms with Crippen LogP contribution in [-0.2, 0) is 19.3 Å². The van der Waals surface area contributed by atoms with E-state index in [1.807, 2.05) is 0 Å². The van der Waals surface area contributed by atoms with Gasteiger partial charge in [-0.05, 0) is 42.2 Å².